The van der Waals surface area contributed by atoms with Crippen LogP contribution in [0.2, 0.25) is 18.6 Å². The maximum absolute atomic E-state index is 9.92. The highest BCUT2D eigenvalue weighted by Gasteiger charge is 2.23. The number of hydrogen-bond donors (Lipinski definition) is 0. The SMILES string of the molecule is CC(C)[Si](C)(C)C#C[N+](=O)[O-]. The maximum atomic E-state index is 9.92. The molecule has 3 nitrogen and oxygen atoms in total. The zero-order chi connectivity index (χ0) is 9.07. The van der Waals surface area contributed by atoms with Crippen LogP contribution in [-0.2, 0) is 0 Å². The van der Waals surface area contributed by atoms with Crippen molar-refractivity contribution in [2.45, 2.75) is 32.5 Å². The second-order valence-corrected chi connectivity index (χ2v) is 8.22. The summed E-state index contributed by atoms with van der Waals surface area (Å²) >= 11 is 0. The molecule has 0 aromatic rings. The van der Waals surface area contributed by atoms with Crippen molar-refractivity contribution in [1.82, 2.24) is 0 Å². The van der Waals surface area contributed by atoms with E-state index in [0.29, 0.717) is 5.54 Å². The predicted molar refractivity (Wildman–Crippen MR) is 47.4 cm³/mol. The third-order valence-electron chi connectivity index (χ3n) is 1.91. The van der Waals surface area contributed by atoms with E-state index >= 15 is 0 Å². The smallest absolute Gasteiger partial charge is 0.249 e. The van der Waals surface area contributed by atoms with E-state index < -0.39 is 13.0 Å². The largest absolute Gasteiger partial charge is 0.283 e. The highest BCUT2D eigenvalue weighted by atomic mass is 28.3. The molecule has 0 heterocycles. The van der Waals surface area contributed by atoms with E-state index in [-0.39, 0.29) is 0 Å². The molecule has 4 heteroatoms. The summed E-state index contributed by atoms with van der Waals surface area (Å²) in [6.45, 7) is 8.18. The summed E-state index contributed by atoms with van der Waals surface area (Å²) in [5.41, 5.74) is 3.22. The third-order valence-corrected chi connectivity index (χ3v) is 5.56. The van der Waals surface area contributed by atoms with Crippen molar-refractivity contribution in [2.24, 2.45) is 0 Å². The average molecular weight is 171 g/mol. The van der Waals surface area contributed by atoms with Crippen molar-refractivity contribution in [2.75, 3.05) is 0 Å². The molecule has 0 unspecified atom stereocenters. The van der Waals surface area contributed by atoms with Gasteiger partial charge in [-0.3, -0.25) is 0 Å². The van der Waals surface area contributed by atoms with Gasteiger partial charge in [0.1, 0.15) is 13.0 Å². The summed E-state index contributed by atoms with van der Waals surface area (Å²) in [4.78, 5) is 9.35. The predicted octanol–water partition coefficient (Wildman–Crippen LogP) is 1.88. The molecule has 0 aromatic carbocycles. The lowest BCUT2D eigenvalue weighted by Gasteiger charge is -2.17. The van der Waals surface area contributed by atoms with Crippen LogP contribution in [-0.4, -0.2) is 13.0 Å². The van der Waals surface area contributed by atoms with E-state index in [0.717, 1.165) is 0 Å². The lowest BCUT2D eigenvalue weighted by atomic mass is 10.6. The summed E-state index contributed by atoms with van der Waals surface area (Å²) < 4.78 is 0. The van der Waals surface area contributed by atoms with Gasteiger partial charge < -0.3 is 0 Å². The topological polar surface area (TPSA) is 43.1 Å². The molecule has 0 spiro atoms. The molecule has 0 radical (unpaired) electrons. The van der Waals surface area contributed by atoms with Crippen LogP contribution in [0.25, 0.3) is 0 Å². The summed E-state index contributed by atoms with van der Waals surface area (Å²) in [5.74, 6) is 0. The van der Waals surface area contributed by atoms with Crippen LogP contribution in [0.3, 0.4) is 0 Å². The van der Waals surface area contributed by atoms with E-state index in [4.69, 9.17) is 0 Å². The van der Waals surface area contributed by atoms with Gasteiger partial charge in [0.15, 0.2) is 0 Å². The van der Waals surface area contributed by atoms with E-state index in [2.05, 4.69) is 19.4 Å². The van der Waals surface area contributed by atoms with Crippen LogP contribution in [0.1, 0.15) is 13.8 Å². The highest BCUT2D eigenvalue weighted by molar-refractivity contribution is 6.86. The van der Waals surface area contributed by atoms with Crippen molar-refractivity contribution in [3.63, 3.8) is 0 Å². The quantitative estimate of drug-likeness (QED) is 0.199. The lowest BCUT2D eigenvalue weighted by molar-refractivity contribution is -0.379. The van der Waals surface area contributed by atoms with Crippen molar-refractivity contribution < 1.29 is 4.92 Å². The molecule has 0 N–H and O–H groups in total. The summed E-state index contributed by atoms with van der Waals surface area (Å²) in [5, 5.41) is 9.92. The number of nitro groups is 1. The molecule has 0 atom stereocenters. The molecule has 0 saturated carbocycles. The van der Waals surface area contributed by atoms with Crippen molar-refractivity contribution >= 4 is 8.07 Å². The Bertz CT molecular complexity index is 212. The van der Waals surface area contributed by atoms with Gasteiger partial charge in [0.25, 0.3) is 6.04 Å². The minimum Gasteiger partial charge on any atom is -0.249 e. The molecule has 0 aliphatic rings. The summed E-state index contributed by atoms with van der Waals surface area (Å²) in [6, 6.07) is 2.00. The van der Waals surface area contributed by atoms with Crippen LogP contribution in [0, 0.1) is 21.7 Å². The van der Waals surface area contributed by atoms with Gasteiger partial charge in [0, 0.05) is 0 Å². The first-order valence-electron chi connectivity index (χ1n) is 3.53. The molecular formula is C7H13NO2Si. The first kappa shape index (κ1) is 10.2. The first-order chi connectivity index (χ1) is 4.86. The number of nitrogens with zero attached hydrogens (tertiary/aromatic N) is 1. The van der Waals surface area contributed by atoms with Crippen LogP contribution >= 0.6 is 0 Å². The number of hydrogen-bond acceptors (Lipinski definition) is 2. The molecule has 0 fully saturated rings. The van der Waals surface area contributed by atoms with Crippen molar-refractivity contribution in [1.29, 1.82) is 0 Å². The van der Waals surface area contributed by atoms with Gasteiger partial charge in [-0.1, -0.05) is 32.5 Å². The third kappa shape index (κ3) is 3.78. The molecule has 0 amide bonds. The van der Waals surface area contributed by atoms with Crippen LogP contribution in [0.15, 0.2) is 0 Å². The molecule has 0 aliphatic heterocycles. The van der Waals surface area contributed by atoms with Crippen LogP contribution in [0.5, 0.6) is 0 Å². The molecule has 0 aromatic heterocycles. The lowest BCUT2D eigenvalue weighted by Crippen LogP contribution is -2.27. The molecule has 0 rings (SSSR count). The second kappa shape index (κ2) is 3.53. The molecular weight excluding hydrogens is 158 g/mol. The fourth-order valence-corrected chi connectivity index (χ4v) is 1.00. The normalized spacial score (nSPS) is 10.6. The Labute approximate surface area is 68.0 Å². The van der Waals surface area contributed by atoms with Gasteiger partial charge in [0.2, 0.25) is 0 Å². The zero-order valence-electron chi connectivity index (χ0n) is 7.34. The van der Waals surface area contributed by atoms with E-state index in [9.17, 15) is 10.1 Å². The van der Waals surface area contributed by atoms with E-state index in [1.807, 2.05) is 19.1 Å². The van der Waals surface area contributed by atoms with Crippen molar-refractivity contribution in [3.05, 3.63) is 10.1 Å². The van der Waals surface area contributed by atoms with Gasteiger partial charge in [-0.15, -0.1) is 0 Å². The molecule has 0 bridgehead atoms. The molecule has 62 valence electrons. The maximum Gasteiger partial charge on any atom is 0.283 e. The van der Waals surface area contributed by atoms with Gasteiger partial charge in [-0.2, -0.15) is 0 Å². The minimum absolute atomic E-state index is 0.468. The van der Waals surface area contributed by atoms with Crippen molar-refractivity contribution in [3.8, 4) is 11.6 Å². The highest BCUT2D eigenvalue weighted by Crippen LogP contribution is 2.18. The summed E-state index contributed by atoms with van der Waals surface area (Å²) in [6.07, 6.45) is 0. The molecule has 11 heavy (non-hydrogen) atoms. The fourth-order valence-electron chi connectivity index (χ4n) is 0.334. The second-order valence-electron chi connectivity index (χ2n) is 3.37. The van der Waals surface area contributed by atoms with Crippen LogP contribution < -0.4 is 0 Å². The Morgan fingerprint density at radius 3 is 2.18 bits per heavy atom. The van der Waals surface area contributed by atoms with Gasteiger partial charge in [-0.25, -0.2) is 10.1 Å². The zero-order valence-corrected chi connectivity index (χ0v) is 8.34. The van der Waals surface area contributed by atoms with Gasteiger partial charge >= 0.3 is 0 Å². The molecule has 0 aliphatic carbocycles. The average Bonchev–Trinajstić information content (AvgIpc) is 1.84. The Balaban J connectivity index is 4.38. The number of rotatable bonds is 1. The summed E-state index contributed by atoms with van der Waals surface area (Å²) in [7, 11) is -1.65. The fraction of sp³-hybridized carbons (Fsp3) is 0.714. The van der Waals surface area contributed by atoms with Crippen LogP contribution in [0.4, 0.5) is 0 Å². The Morgan fingerprint density at radius 1 is 1.45 bits per heavy atom. The minimum atomic E-state index is -1.65. The Hall–Kier alpha value is -0.823. The monoisotopic (exact) mass is 171 g/mol. The van der Waals surface area contributed by atoms with E-state index in [1.165, 1.54) is 0 Å². The standard InChI is InChI=1S/C7H13NO2Si/c1-7(2)11(3,4)6-5-8(9)10/h7H,1-4H3. The first-order valence-corrected chi connectivity index (χ1v) is 6.61. The van der Waals surface area contributed by atoms with E-state index in [1.54, 1.807) is 0 Å². The Kier molecular flexibility index (Phi) is 3.27. The Morgan fingerprint density at radius 2 is 1.91 bits per heavy atom. The molecule has 0 saturated heterocycles. The van der Waals surface area contributed by atoms with Gasteiger partial charge in [-0.05, 0) is 5.54 Å². The van der Waals surface area contributed by atoms with Gasteiger partial charge in [0.05, 0.1) is 0 Å².